The third kappa shape index (κ3) is 3.34. The van der Waals surface area contributed by atoms with E-state index in [-0.39, 0.29) is 12.2 Å². The van der Waals surface area contributed by atoms with Crippen molar-refractivity contribution in [2.24, 2.45) is 0 Å². The van der Waals surface area contributed by atoms with Gasteiger partial charge in [-0.2, -0.15) is 0 Å². The zero-order valence-electron chi connectivity index (χ0n) is 12.4. The molecule has 2 aromatic rings. The van der Waals surface area contributed by atoms with Crippen molar-refractivity contribution in [1.29, 1.82) is 0 Å². The summed E-state index contributed by atoms with van der Waals surface area (Å²) < 4.78 is 5.64. The molecular weight excluding hydrogens is 316 g/mol. The second-order valence-corrected chi connectivity index (χ2v) is 6.21. The van der Waals surface area contributed by atoms with Crippen molar-refractivity contribution in [2.75, 3.05) is 0 Å². The van der Waals surface area contributed by atoms with Crippen LogP contribution in [0.1, 0.15) is 17.9 Å². The van der Waals surface area contributed by atoms with Gasteiger partial charge in [0.15, 0.2) is 11.0 Å². The minimum absolute atomic E-state index is 0.139. The predicted molar refractivity (Wildman–Crippen MR) is 84.9 cm³/mol. The van der Waals surface area contributed by atoms with E-state index in [9.17, 15) is 14.4 Å². The van der Waals surface area contributed by atoms with E-state index in [4.69, 9.17) is 4.42 Å². The van der Waals surface area contributed by atoms with Crippen LogP contribution in [0.15, 0.2) is 34.7 Å². The van der Waals surface area contributed by atoms with Crippen molar-refractivity contribution in [3.8, 4) is 11.5 Å². The average Bonchev–Trinajstić information content (AvgIpc) is 3.08. The highest BCUT2D eigenvalue weighted by Gasteiger charge is 2.36. The second-order valence-electron chi connectivity index (χ2n) is 5.13. The fourth-order valence-corrected chi connectivity index (χ4v) is 3.09. The zero-order chi connectivity index (χ0) is 16.4. The van der Waals surface area contributed by atoms with Gasteiger partial charge in [0.25, 0.3) is 5.24 Å². The maximum atomic E-state index is 12.1. The summed E-state index contributed by atoms with van der Waals surface area (Å²) in [5, 5.41) is 0.697. The number of nitrogens with one attached hydrogen (secondary N) is 1. The lowest BCUT2D eigenvalue weighted by Gasteiger charge is -2.02. The number of ketones is 1. The topological polar surface area (TPSA) is 89.3 Å². The van der Waals surface area contributed by atoms with Crippen LogP contribution in [0.4, 0.5) is 4.79 Å². The molecule has 0 spiro atoms. The Hall–Kier alpha value is -2.41. The number of carbonyl (C=O) groups excluding carboxylic acids is 3. The zero-order valence-corrected chi connectivity index (χ0v) is 13.2. The molecule has 118 valence electrons. The van der Waals surface area contributed by atoms with E-state index in [0.717, 1.165) is 17.3 Å². The van der Waals surface area contributed by atoms with Crippen LogP contribution in [0.3, 0.4) is 0 Å². The van der Waals surface area contributed by atoms with Crippen molar-refractivity contribution >= 4 is 28.7 Å². The highest BCUT2D eigenvalue weighted by atomic mass is 32.2. The molecular formula is C16H14N2O4S. The van der Waals surface area contributed by atoms with Crippen molar-refractivity contribution in [2.45, 2.75) is 25.0 Å². The molecule has 2 heterocycles. The Morgan fingerprint density at radius 1 is 1.30 bits per heavy atom. The van der Waals surface area contributed by atoms with E-state index < -0.39 is 16.4 Å². The summed E-state index contributed by atoms with van der Waals surface area (Å²) in [6.07, 6.45) is 0.513. The SMILES string of the molecule is Cc1oc(-c2ccccc2)nc1CCC(=O)C1SC(=O)NC1=O. The van der Waals surface area contributed by atoms with Gasteiger partial charge in [0.05, 0.1) is 5.69 Å². The van der Waals surface area contributed by atoms with E-state index in [2.05, 4.69) is 10.3 Å². The predicted octanol–water partition coefficient (Wildman–Crippen LogP) is 2.50. The normalized spacial score (nSPS) is 17.3. The molecule has 0 radical (unpaired) electrons. The number of amides is 2. The van der Waals surface area contributed by atoms with Crippen LogP contribution in [0.2, 0.25) is 0 Å². The summed E-state index contributed by atoms with van der Waals surface area (Å²) in [4.78, 5) is 39.1. The molecule has 0 aliphatic carbocycles. The molecule has 3 rings (SSSR count). The summed E-state index contributed by atoms with van der Waals surface area (Å²) in [6.45, 7) is 1.79. The summed E-state index contributed by atoms with van der Waals surface area (Å²) in [7, 11) is 0. The van der Waals surface area contributed by atoms with E-state index in [0.29, 0.717) is 23.8 Å². The Bertz CT molecular complexity index is 770. The van der Waals surface area contributed by atoms with E-state index in [1.165, 1.54) is 0 Å². The number of Topliss-reactive ketones (excluding diaryl/α,β-unsaturated/α-hetero) is 1. The fraction of sp³-hybridized carbons (Fsp3) is 0.250. The lowest BCUT2D eigenvalue weighted by molar-refractivity contribution is -0.126. The van der Waals surface area contributed by atoms with Crippen LogP contribution in [0, 0.1) is 6.92 Å². The molecule has 23 heavy (non-hydrogen) atoms. The van der Waals surface area contributed by atoms with Gasteiger partial charge in [-0.3, -0.25) is 19.7 Å². The molecule has 2 amide bonds. The third-order valence-electron chi connectivity index (χ3n) is 3.50. The van der Waals surface area contributed by atoms with Crippen LogP contribution in [-0.2, 0) is 16.0 Å². The first-order valence-electron chi connectivity index (χ1n) is 7.10. The van der Waals surface area contributed by atoms with Crippen LogP contribution >= 0.6 is 11.8 Å². The van der Waals surface area contributed by atoms with Gasteiger partial charge in [-0.1, -0.05) is 18.2 Å². The third-order valence-corrected chi connectivity index (χ3v) is 4.53. The maximum absolute atomic E-state index is 12.1. The first-order chi connectivity index (χ1) is 11.0. The standard InChI is InChI=1S/C16H14N2O4S/c1-9-11(17-15(22-9)10-5-3-2-4-6-10)7-8-12(19)13-14(20)18-16(21)23-13/h2-6,13H,7-8H2,1H3,(H,18,20,21). The number of imide groups is 1. The van der Waals surface area contributed by atoms with Gasteiger partial charge >= 0.3 is 0 Å². The van der Waals surface area contributed by atoms with Crippen LogP contribution in [0.25, 0.3) is 11.5 Å². The molecule has 7 heteroatoms. The van der Waals surface area contributed by atoms with Crippen molar-refractivity contribution in [3.05, 3.63) is 41.8 Å². The summed E-state index contributed by atoms with van der Waals surface area (Å²) >= 11 is 0.730. The number of hydrogen-bond donors (Lipinski definition) is 1. The highest BCUT2D eigenvalue weighted by molar-refractivity contribution is 8.16. The van der Waals surface area contributed by atoms with Crippen molar-refractivity contribution in [1.82, 2.24) is 10.3 Å². The summed E-state index contributed by atoms with van der Waals surface area (Å²) in [5.74, 6) is 0.346. The number of nitrogens with zero attached hydrogens (tertiary/aromatic N) is 1. The molecule has 1 aromatic carbocycles. The Morgan fingerprint density at radius 3 is 2.70 bits per heavy atom. The van der Waals surface area contributed by atoms with Crippen molar-refractivity contribution < 1.29 is 18.8 Å². The van der Waals surface area contributed by atoms with Gasteiger partial charge in [0.1, 0.15) is 5.76 Å². The first kappa shape index (κ1) is 15.5. The van der Waals surface area contributed by atoms with Crippen LogP contribution < -0.4 is 5.32 Å². The number of aryl methyl sites for hydroxylation is 2. The fourth-order valence-electron chi connectivity index (χ4n) is 2.30. The number of thioether (sulfide) groups is 1. The Labute approximate surface area is 136 Å². The quantitative estimate of drug-likeness (QED) is 0.847. The van der Waals surface area contributed by atoms with Crippen LogP contribution in [0.5, 0.6) is 0 Å². The minimum atomic E-state index is -0.941. The Balaban J connectivity index is 1.67. The monoisotopic (exact) mass is 330 g/mol. The molecule has 0 saturated carbocycles. The van der Waals surface area contributed by atoms with E-state index in [1.54, 1.807) is 6.92 Å². The maximum Gasteiger partial charge on any atom is 0.286 e. The number of oxazole rings is 1. The van der Waals surface area contributed by atoms with Crippen molar-refractivity contribution in [3.63, 3.8) is 0 Å². The van der Waals surface area contributed by atoms with E-state index in [1.807, 2.05) is 30.3 Å². The minimum Gasteiger partial charge on any atom is -0.441 e. The summed E-state index contributed by atoms with van der Waals surface area (Å²) in [5.41, 5.74) is 1.55. The van der Waals surface area contributed by atoms with E-state index >= 15 is 0 Å². The lowest BCUT2D eigenvalue weighted by atomic mass is 10.1. The number of rotatable bonds is 5. The Morgan fingerprint density at radius 2 is 2.04 bits per heavy atom. The Kier molecular flexibility index (Phi) is 4.29. The number of benzene rings is 1. The van der Waals surface area contributed by atoms with Gasteiger partial charge in [0.2, 0.25) is 11.8 Å². The molecule has 1 N–H and O–H groups in total. The largest absolute Gasteiger partial charge is 0.441 e. The van der Waals surface area contributed by atoms with Gasteiger partial charge in [-0.05, 0) is 30.8 Å². The number of aromatic nitrogens is 1. The van der Waals surface area contributed by atoms with Gasteiger partial charge in [0, 0.05) is 18.4 Å². The number of hydrogen-bond acceptors (Lipinski definition) is 6. The lowest BCUT2D eigenvalue weighted by Crippen LogP contribution is -2.30. The average molecular weight is 330 g/mol. The van der Waals surface area contributed by atoms with Crippen LogP contribution in [-0.4, -0.2) is 27.2 Å². The van der Waals surface area contributed by atoms with Gasteiger partial charge < -0.3 is 4.42 Å². The number of carbonyl (C=O) groups is 3. The molecule has 1 unspecified atom stereocenters. The molecule has 1 atom stereocenters. The summed E-state index contributed by atoms with van der Waals surface area (Å²) in [6, 6.07) is 9.48. The smallest absolute Gasteiger partial charge is 0.286 e. The first-order valence-corrected chi connectivity index (χ1v) is 7.98. The van der Waals surface area contributed by atoms with Gasteiger partial charge in [-0.15, -0.1) is 0 Å². The molecule has 0 bridgehead atoms. The molecule has 1 aliphatic heterocycles. The molecule has 1 aliphatic rings. The highest BCUT2D eigenvalue weighted by Crippen LogP contribution is 2.24. The second kappa shape index (κ2) is 6.37. The molecule has 1 fully saturated rings. The molecule has 1 saturated heterocycles. The molecule has 6 nitrogen and oxygen atoms in total. The molecule has 1 aromatic heterocycles. The van der Waals surface area contributed by atoms with Gasteiger partial charge in [-0.25, -0.2) is 4.98 Å².